The lowest BCUT2D eigenvalue weighted by Gasteiger charge is -2.24. The number of hydrogen-bond donors (Lipinski definition) is 2. The first-order valence-electron chi connectivity index (χ1n) is 8.39. The lowest BCUT2D eigenvalue weighted by Crippen LogP contribution is -2.33. The Morgan fingerprint density at radius 3 is 2.88 bits per heavy atom. The van der Waals surface area contributed by atoms with Gasteiger partial charge in [0.05, 0.1) is 12.2 Å². The van der Waals surface area contributed by atoms with Crippen molar-refractivity contribution in [3.8, 4) is 0 Å². The van der Waals surface area contributed by atoms with Gasteiger partial charge in [-0.25, -0.2) is 0 Å². The number of furan rings is 1. The highest BCUT2D eigenvalue weighted by atomic mass is 16.4. The van der Waals surface area contributed by atoms with Crippen LogP contribution in [0.15, 0.2) is 41.0 Å². The molecule has 3 rings (SSSR count). The van der Waals surface area contributed by atoms with E-state index in [2.05, 4.69) is 29.3 Å². The van der Waals surface area contributed by atoms with Crippen molar-refractivity contribution in [2.75, 3.05) is 11.4 Å². The molecule has 0 fully saturated rings. The van der Waals surface area contributed by atoms with E-state index in [-0.39, 0.29) is 18.2 Å². The van der Waals surface area contributed by atoms with Crippen LogP contribution in [0, 0.1) is 5.92 Å². The van der Waals surface area contributed by atoms with Crippen molar-refractivity contribution in [3.05, 3.63) is 53.5 Å². The number of para-hydroxylation sites is 1. The molecule has 0 spiro atoms. The molecule has 0 bridgehead atoms. The van der Waals surface area contributed by atoms with Crippen LogP contribution >= 0.6 is 0 Å². The smallest absolute Gasteiger partial charge is 0.308 e. The molecule has 25 heavy (non-hydrogen) atoms. The molecule has 2 unspecified atom stereocenters. The third-order valence-corrected chi connectivity index (χ3v) is 4.63. The Labute approximate surface area is 146 Å². The van der Waals surface area contributed by atoms with Crippen LogP contribution in [0.1, 0.15) is 35.5 Å². The van der Waals surface area contributed by atoms with E-state index in [1.165, 1.54) is 17.5 Å². The number of carbonyl (C=O) groups excluding carboxylic acids is 1. The second-order valence-electron chi connectivity index (χ2n) is 6.53. The normalized spacial score (nSPS) is 17.2. The van der Waals surface area contributed by atoms with Crippen molar-refractivity contribution < 1.29 is 19.1 Å². The monoisotopic (exact) mass is 342 g/mol. The molecule has 6 nitrogen and oxygen atoms in total. The number of amides is 1. The number of fused-ring (bicyclic) bond motifs is 1. The summed E-state index contributed by atoms with van der Waals surface area (Å²) in [5.41, 5.74) is 3.28. The van der Waals surface area contributed by atoms with Gasteiger partial charge < -0.3 is 19.7 Å². The molecule has 0 aliphatic carbocycles. The maximum Gasteiger partial charge on any atom is 0.308 e. The highest BCUT2D eigenvalue weighted by Gasteiger charge is 2.27. The van der Waals surface area contributed by atoms with E-state index in [1.807, 2.05) is 12.1 Å². The number of nitrogens with one attached hydrogen (secondary N) is 1. The molecule has 2 atom stereocenters. The second kappa shape index (κ2) is 7.01. The minimum absolute atomic E-state index is 0.0667. The van der Waals surface area contributed by atoms with Crippen molar-refractivity contribution in [1.29, 1.82) is 0 Å². The Bertz CT molecular complexity index is 783. The molecule has 1 aliphatic heterocycles. The van der Waals surface area contributed by atoms with E-state index in [0.29, 0.717) is 12.6 Å². The number of anilines is 1. The Morgan fingerprint density at radius 2 is 2.12 bits per heavy atom. The van der Waals surface area contributed by atoms with Crippen molar-refractivity contribution in [3.63, 3.8) is 0 Å². The van der Waals surface area contributed by atoms with Gasteiger partial charge in [0.15, 0.2) is 5.76 Å². The molecule has 1 amide bonds. The fourth-order valence-corrected chi connectivity index (χ4v) is 3.13. The van der Waals surface area contributed by atoms with Gasteiger partial charge in [0.1, 0.15) is 0 Å². The van der Waals surface area contributed by atoms with Crippen LogP contribution in [0.3, 0.4) is 0 Å². The molecule has 2 aromatic rings. The Balaban J connectivity index is 1.72. The molecule has 2 heterocycles. The SMILES string of the molecule is CC(CNC(=O)c1occc1CN1c2ccccc2CC1C)C(=O)O. The molecule has 1 aromatic carbocycles. The standard InChI is InChI=1S/C19H22N2O4/c1-12(19(23)24)10-20-18(22)17-15(7-8-25-17)11-21-13(2)9-14-5-3-4-6-16(14)21/h3-8,12-13H,9-11H2,1-2H3,(H,20,22)(H,23,24). The number of aliphatic carboxylic acids is 1. The first-order chi connectivity index (χ1) is 12.0. The van der Waals surface area contributed by atoms with Gasteiger partial charge in [-0.1, -0.05) is 25.1 Å². The molecule has 0 saturated heterocycles. The van der Waals surface area contributed by atoms with E-state index in [4.69, 9.17) is 9.52 Å². The molecule has 0 saturated carbocycles. The summed E-state index contributed by atoms with van der Waals surface area (Å²) in [6.45, 7) is 4.35. The van der Waals surface area contributed by atoms with Crippen molar-refractivity contribution in [2.24, 2.45) is 5.92 Å². The summed E-state index contributed by atoms with van der Waals surface area (Å²) >= 11 is 0. The number of carbonyl (C=O) groups is 2. The van der Waals surface area contributed by atoms with Crippen LogP contribution in [-0.4, -0.2) is 29.6 Å². The molecular weight excluding hydrogens is 320 g/mol. The third kappa shape index (κ3) is 3.52. The lowest BCUT2D eigenvalue weighted by molar-refractivity contribution is -0.140. The van der Waals surface area contributed by atoms with Gasteiger partial charge in [-0.05, 0) is 31.0 Å². The fraction of sp³-hybridized carbons (Fsp3) is 0.368. The van der Waals surface area contributed by atoms with E-state index >= 15 is 0 Å². The third-order valence-electron chi connectivity index (χ3n) is 4.63. The molecule has 1 aromatic heterocycles. The maximum absolute atomic E-state index is 12.3. The van der Waals surface area contributed by atoms with E-state index in [0.717, 1.165) is 12.0 Å². The van der Waals surface area contributed by atoms with Gasteiger partial charge in [0.25, 0.3) is 5.91 Å². The van der Waals surface area contributed by atoms with E-state index in [1.54, 1.807) is 13.0 Å². The zero-order valence-corrected chi connectivity index (χ0v) is 14.4. The average molecular weight is 342 g/mol. The van der Waals surface area contributed by atoms with E-state index < -0.39 is 11.9 Å². The maximum atomic E-state index is 12.3. The summed E-state index contributed by atoms with van der Waals surface area (Å²) in [7, 11) is 0. The van der Waals surface area contributed by atoms with Crippen LogP contribution in [0.2, 0.25) is 0 Å². The molecule has 2 N–H and O–H groups in total. The molecular formula is C19H22N2O4. The molecule has 0 radical (unpaired) electrons. The van der Waals surface area contributed by atoms with Crippen molar-refractivity contribution in [1.82, 2.24) is 5.32 Å². The van der Waals surface area contributed by atoms with Gasteiger partial charge in [0, 0.05) is 30.4 Å². The van der Waals surface area contributed by atoms with Gasteiger partial charge in [-0.2, -0.15) is 0 Å². The van der Waals surface area contributed by atoms with Crippen LogP contribution in [-0.2, 0) is 17.8 Å². The van der Waals surface area contributed by atoms with Crippen molar-refractivity contribution >= 4 is 17.6 Å². The number of nitrogens with zero attached hydrogens (tertiary/aromatic N) is 1. The van der Waals surface area contributed by atoms with Crippen LogP contribution in [0.25, 0.3) is 0 Å². The molecule has 6 heteroatoms. The van der Waals surface area contributed by atoms with Crippen molar-refractivity contribution in [2.45, 2.75) is 32.9 Å². The fourth-order valence-electron chi connectivity index (χ4n) is 3.13. The van der Waals surface area contributed by atoms with Gasteiger partial charge in [0.2, 0.25) is 0 Å². The largest absolute Gasteiger partial charge is 0.481 e. The topological polar surface area (TPSA) is 82.8 Å². The quantitative estimate of drug-likeness (QED) is 0.843. The zero-order chi connectivity index (χ0) is 18.0. The highest BCUT2D eigenvalue weighted by molar-refractivity contribution is 5.93. The number of rotatable bonds is 6. The van der Waals surface area contributed by atoms with E-state index in [9.17, 15) is 9.59 Å². The summed E-state index contributed by atoms with van der Waals surface area (Å²) in [4.78, 5) is 25.5. The zero-order valence-electron chi connectivity index (χ0n) is 14.4. The highest BCUT2D eigenvalue weighted by Crippen LogP contribution is 2.33. The summed E-state index contributed by atoms with van der Waals surface area (Å²) < 4.78 is 5.37. The average Bonchev–Trinajstić information content (AvgIpc) is 3.17. The number of benzene rings is 1. The number of carboxylic acids is 1. The minimum atomic E-state index is -0.942. The first kappa shape index (κ1) is 17.1. The van der Waals surface area contributed by atoms with Gasteiger partial charge >= 0.3 is 5.97 Å². The summed E-state index contributed by atoms with van der Waals surface area (Å²) in [5, 5.41) is 11.5. The molecule has 132 valence electrons. The Kier molecular flexibility index (Phi) is 4.79. The Hall–Kier alpha value is -2.76. The van der Waals surface area contributed by atoms with Gasteiger partial charge in [-0.3, -0.25) is 9.59 Å². The summed E-state index contributed by atoms with van der Waals surface area (Å²) in [5.74, 6) is -1.72. The predicted octanol–water partition coefficient (Wildman–Crippen LogP) is 2.68. The lowest BCUT2D eigenvalue weighted by atomic mass is 10.1. The predicted molar refractivity (Wildman–Crippen MR) is 93.6 cm³/mol. The van der Waals surface area contributed by atoms with Gasteiger partial charge in [-0.15, -0.1) is 0 Å². The number of hydrogen-bond acceptors (Lipinski definition) is 4. The van der Waals surface area contributed by atoms with Crippen LogP contribution in [0.5, 0.6) is 0 Å². The second-order valence-corrected chi connectivity index (χ2v) is 6.53. The Morgan fingerprint density at radius 1 is 1.36 bits per heavy atom. The minimum Gasteiger partial charge on any atom is -0.481 e. The molecule has 1 aliphatic rings. The summed E-state index contributed by atoms with van der Waals surface area (Å²) in [6, 6.07) is 10.4. The van der Waals surface area contributed by atoms with Crippen LogP contribution in [0.4, 0.5) is 5.69 Å². The van der Waals surface area contributed by atoms with Crippen LogP contribution < -0.4 is 10.2 Å². The summed E-state index contributed by atoms with van der Waals surface area (Å²) in [6.07, 6.45) is 2.48. The first-order valence-corrected chi connectivity index (χ1v) is 8.39. The number of carboxylic acid groups (broad SMARTS) is 1.